The van der Waals surface area contributed by atoms with Crippen LogP contribution in [0, 0.1) is 0 Å². The van der Waals surface area contributed by atoms with Crippen LogP contribution in [0.25, 0.3) is 0 Å². The first-order valence-electron chi connectivity index (χ1n) is 11.4. The Kier molecular flexibility index (Phi) is 7.01. The molecule has 31 heavy (non-hydrogen) atoms. The highest BCUT2D eigenvalue weighted by molar-refractivity contribution is 7.97. The van der Waals surface area contributed by atoms with Crippen molar-refractivity contribution in [2.45, 2.75) is 68.8 Å². The lowest BCUT2D eigenvalue weighted by Crippen LogP contribution is -2.45. The smallest absolute Gasteiger partial charge is 0.407 e. The van der Waals surface area contributed by atoms with Crippen LogP contribution in [0.2, 0.25) is 0 Å². The Morgan fingerprint density at radius 1 is 1.13 bits per heavy atom. The zero-order valence-electron chi connectivity index (χ0n) is 18.9. The average molecular weight is 450 g/mol. The molecule has 3 heterocycles. The number of rotatable bonds is 4. The first kappa shape index (κ1) is 22.7. The first-order chi connectivity index (χ1) is 14.8. The quantitative estimate of drug-likeness (QED) is 0.697. The molecule has 3 aliphatic heterocycles. The van der Waals surface area contributed by atoms with Crippen LogP contribution >= 0.6 is 11.9 Å². The summed E-state index contributed by atoms with van der Waals surface area (Å²) in [5, 5.41) is 3.01. The number of carbonyl (C=O) groups is 1. The number of hydrogen-bond acceptors (Lipinski definition) is 7. The van der Waals surface area contributed by atoms with Gasteiger partial charge in [0, 0.05) is 55.6 Å². The molecule has 1 spiro atoms. The van der Waals surface area contributed by atoms with Gasteiger partial charge in [-0.2, -0.15) is 0 Å². The van der Waals surface area contributed by atoms with Crippen LogP contribution in [0.3, 0.4) is 0 Å². The minimum Gasteiger partial charge on any atom is -0.444 e. The Morgan fingerprint density at radius 2 is 1.81 bits per heavy atom. The second-order valence-corrected chi connectivity index (χ2v) is 10.7. The number of piperidine rings is 2. The van der Waals surface area contributed by atoms with Gasteiger partial charge in [-0.15, -0.1) is 0 Å². The molecule has 1 aromatic carbocycles. The fourth-order valence-electron chi connectivity index (χ4n) is 4.34. The monoisotopic (exact) mass is 449 g/mol. The summed E-state index contributed by atoms with van der Waals surface area (Å²) in [4.78, 5) is 15.7. The van der Waals surface area contributed by atoms with Crippen LogP contribution in [-0.2, 0) is 14.2 Å². The molecule has 7 nitrogen and oxygen atoms in total. The lowest BCUT2D eigenvalue weighted by atomic mass is 10.0. The van der Waals surface area contributed by atoms with E-state index in [1.54, 1.807) is 11.9 Å². The van der Waals surface area contributed by atoms with Gasteiger partial charge < -0.3 is 24.4 Å². The Morgan fingerprint density at radius 3 is 2.45 bits per heavy atom. The first-order valence-corrected chi connectivity index (χ1v) is 12.1. The van der Waals surface area contributed by atoms with Crippen LogP contribution in [0.15, 0.2) is 29.2 Å². The molecule has 8 heteroatoms. The standard InChI is InChI=1S/C23H35N3O4S/c1-22(2,3)30-21(27)24-18-7-11-26(12-8-18)31-20-6-4-5-19(17-20)25-13-9-23(10-14-25)28-15-16-29-23/h4-6,17-18H,7-16H2,1-3H3,(H,24,27). The predicted molar refractivity (Wildman–Crippen MR) is 122 cm³/mol. The van der Waals surface area contributed by atoms with Gasteiger partial charge in [-0.3, -0.25) is 0 Å². The SMILES string of the molecule is CC(C)(C)OC(=O)NC1CCN(Sc2cccc(N3CCC4(CC3)OCCO4)c2)CC1. The number of nitrogens with zero attached hydrogens (tertiary/aromatic N) is 2. The van der Waals surface area contributed by atoms with E-state index >= 15 is 0 Å². The Labute approximate surface area is 189 Å². The summed E-state index contributed by atoms with van der Waals surface area (Å²) in [6.07, 6.45) is 3.38. The average Bonchev–Trinajstić information content (AvgIpc) is 3.17. The van der Waals surface area contributed by atoms with Crippen LogP contribution in [0.4, 0.5) is 10.5 Å². The minimum atomic E-state index is -0.461. The molecule has 172 valence electrons. The van der Waals surface area contributed by atoms with Gasteiger partial charge in [0.1, 0.15) is 5.60 Å². The normalized spacial score (nSPS) is 22.6. The molecule has 3 aliphatic rings. The molecule has 1 N–H and O–H groups in total. The van der Waals surface area contributed by atoms with Crippen molar-refractivity contribution in [3.8, 4) is 0 Å². The maximum atomic E-state index is 12.0. The summed E-state index contributed by atoms with van der Waals surface area (Å²) < 4.78 is 19.5. The third-order valence-corrected chi connectivity index (χ3v) is 7.02. The van der Waals surface area contributed by atoms with Gasteiger partial charge in [-0.25, -0.2) is 9.10 Å². The highest BCUT2D eigenvalue weighted by Gasteiger charge is 2.39. The topological polar surface area (TPSA) is 63.3 Å². The molecule has 0 atom stereocenters. The maximum absolute atomic E-state index is 12.0. The van der Waals surface area contributed by atoms with Crippen LogP contribution in [0.1, 0.15) is 46.5 Å². The third-order valence-electron chi connectivity index (χ3n) is 5.93. The zero-order chi connectivity index (χ0) is 21.9. The molecule has 0 unspecified atom stereocenters. The Bertz CT molecular complexity index is 745. The van der Waals surface area contributed by atoms with Crippen molar-refractivity contribution in [2.75, 3.05) is 44.3 Å². The number of ether oxygens (including phenoxy) is 3. The number of anilines is 1. The number of carbonyl (C=O) groups excluding carboxylic acids is 1. The fourth-order valence-corrected chi connectivity index (χ4v) is 5.35. The highest BCUT2D eigenvalue weighted by Crippen LogP contribution is 2.35. The minimum absolute atomic E-state index is 0.179. The van der Waals surface area contributed by atoms with E-state index in [-0.39, 0.29) is 17.9 Å². The van der Waals surface area contributed by atoms with Gasteiger partial charge in [-0.05, 0) is 63.8 Å². The second-order valence-electron chi connectivity index (χ2n) is 9.53. The number of amides is 1. The summed E-state index contributed by atoms with van der Waals surface area (Å²) in [5.41, 5.74) is 0.803. The Balaban J connectivity index is 1.24. The largest absolute Gasteiger partial charge is 0.444 e. The summed E-state index contributed by atoms with van der Waals surface area (Å²) >= 11 is 1.81. The van der Waals surface area contributed by atoms with E-state index in [1.807, 2.05) is 20.8 Å². The third kappa shape index (κ3) is 6.28. The highest BCUT2D eigenvalue weighted by atomic mass is 32.2. The van der Waals surface area contributed by atoms with Crippen molar-refractivity contribution in [1.29, 1.82) is 0 Å². The predicted octanol–water partition coefficient (Wildman–Crippen LogP) is 4.03. The molecule has 0 radical (unpaired) electrons. The van der Waals surface area contributed by atoms with Gasteiger partial charge in [0.05, 0.1) is 13.2 Å². The molecule has 1 amide bonds. The Hall–Kier alpha value is -1.48. The molecule has 0 saturated carbocycles. The molecule has 3 saturated heterocycles. The molecule has 3 fully saturated rings. The summed E-state index contributed by atoms with van der Waals surface area (Å²) in [7, 11) is 0. The lowest BCUT2D eigenvalue weighted by Gasteiger charge is -2.39. The number of nitrogens with one attached hydrogen (secondary N) is 1. The number of benzene rings is 1. The molecular formula is C23H35N3O4S. The van der Waals surface area contributed by atoms with Crippen molar-refractivity contribution in [3.63, 3.8) is 0 Å². The van der Waals surface area contributed by atoms with E-state index < -0.39 is 5.60 Å². The zero-order valence-corrected chi connectivity index (χ0v) is 19.7. The van der Waals surface area contributed by atoms with Crippen molar-refractivity contribution in [3.05, 3.63) is 24.3 Å². The van der Waals surface area contributed by atoms with E-state index in [1.165, 1.54) is 10.6 Å². The van der Waals surface area contributed by atoms with Gasteiger partial charge in [0.2, 0.25) is 0 Å². The molecule has 0 aromatic heterocycles. The van der Waals surface area contributed by atoms with E-state index in [0.717, 1.165) is 65.1 Å². The summed E-state index contributed by atoms with van der Waals surface area (Å²) in [5.74, 6) is -0.333. The van der Waals surface area contributed by atoms with Crippen molar-refractivity contribution >= 4 is 23.7 Å². The van der Waals surface area contributed by atoms with E-state index in [4.69, 9.17) is 14.2 Å². The number of hydrogen-bond donors (Lipinski definition) is 1. The lowest BCUT2D eigenvalue weighted by molar-refractivity contribution is -0.169. The summed E-state index contributed by atoms with van der Waals surface area (Å²) in [6.45, 7) is 10.9. The maximum Gasteiger partial charge on any atom is 0.407 e. The van der Waals surface area contributed by atoms with E-state index in [2.05, 4.69) is 38.8 Å². The number of alkyl carbamates (subject to hydrolysis) is 1. The molecule has 0 bridgehead atoms. The molecule has 4 rings (SSSR count). The van der Waals surface area contributed by atoms with Crippen molar-refractivity contribution in [2.24, 2.45) is 0 Å². The van der Waals surface area contributed by atoms with Crippen LogP contribution in [0.5, 0.6) is 0 Å². The molecular weight excluding hydrogens is 414 g/mol. The van der Waals surface area contributed by atoms with Crippen molar-refractivity contribution in [1.82, 2.24) is 9.62 Å². The fraction of sp³-hybridized carbons (Fsp3) is 0.696. The van der Waals surface area contributed by atoms with Gasteiger partial charge in [0.15, 0.2) is 5.79 Å². The van der Waals surface area contributed by atoms with Gasteiger partial charge >= 0.3 is 6.09 Å². The second kappa shape index (κ2) is 9.57. The molecule has 1 aromatic rings. The summed E-state index contributed by atoms with van der Waals surface area (Å²) in [6, 6.07) is 8.97. The van der Waals surface area contributed by atoms with Crippen LogP contribution < -0.4 is 10.2 Å². The van der Waals surface area contributed by atoms with Crippen molar-refractivity contribution < 1.29 is 19.0 Å². The van der Waals surface area contributed by atoms with Crippen LogP contribution in [-0.4, -0.2) is 67.2 Å². The molecule has 0 aliphatic carbocycles. The van der Waals surface area contributed by atoms with Gasteiger partial charge in [-0.1, -0.05) is 6.07 Å². The van der Waals surface area contributed by atoms with E-state index in [0.29, 0.717) is 0 Å². The van der Waals surface area contributed by atoms with E-state index in [9.17, 15) is 4.79 Å². The van der Waals surface area contributed by atoms with Gasteiger partial charge in [0.25, 0.3) is 0 Å².